The van der Waals surface area contributed by atoms with Crippen LogP contribution in [0.15, 0.2) is 36.4 Å². The zero-order valence-corrected chi connectivity index (χ0v) is 13.3. The van der Waals surface area contributed by atoms with Crippen LogP contribution in [0.1, 0.15) is 47.7 Å². The number of rotatable bonds is 5. The molecule has 0 saturated carbocycles. The van der Waals surface area contributed by atoms with Crippen molar-refractivity contribution in [2.75, 3.05) is 7.05 Å². The molecule has 21 heavy (non-hydrogen) atoms. The molecule has 112 valence electrons. The summed E-state index contributed by atoms with van der Waals surface area (Å²) in [6, 6.07) is 12.1. The van der Waals surface area contributed by atoms with Gasteiger partial charge in [0.25, 0.3) is 0 Å². The third kappa shape index (κ3) is 3.33. The Morgan fingerprint density at radius 3 is 2.14 bits per heavy atom. The molecule has 0 heterocycles. The topological polar surface area (TPSA) is 12.0 Å². The van der Waals surface area contributed by atoms with E-state index in [0.29, 0.717) is 5.56 Å². The molecule has 1 nitrogen and oxygen atoms in total. The van der Waals surface area contributed by atoms with Crippen LogP contribution in [-0.2, 0) is 12.8 Å². The third-order valence-corrected chi connectivity index (χ3v) is 4.14. The lowest BCUT2D eigenvalue weighted by atomic mass is 9.93. The van der Waals surface area contributed by atoms with Crippen LogP contribution in [0.25, 0.3) is 0 Å². The Labute approximate surface area is 127 Å². The molecule has 0 amide bonds. The van der Waals surface area contributed by atoms with Gasteiger partial charge in [0.1, 0.15) is 5.82 Å². The molecule has 1 atom stereocenters. The molecule has 0 bridgehead atoms. The minimum Gasteiger partial charge on any atom is -0.309 e. The van der Waals surface area contributed by atoms with Crippen LogP contribution in [0.5, 0.6) is 0 Å². The second-order valence-corrected chi connectivity index (χ2v) is 5.47. The van der Waals surface area contributed by atoms with Crippen LogP contribution in [0.4, 0.5) is 4.39 Å². The van der Waals surface area contributed by atoms with Gasteiger partial charge in [-0.1, -0.05) is 44.2 Å². The summed E-state index contributed by atoms with van der Waals surface area (Å²) in [6.07, 6.45) is 2.07. The Kier molecular flexibility index (Phi) is 5.13. The van der Waals surface area contributed by atoms with Crippen molar-refractivity contribution < 1.29 is 4.39 Å². The maximum absolute atomic E-state index is 13.8. The Balaban J connectivity index is 2.43. The molecule has 0 saturated heterocycles. The van der Waals surface area contributed by atoms with Gasteiger partial charge >= 0.3 is 0 Å². The lowest BCUT2D eigenvalue weighted by Crippen LogP contribution is -2.18. The second kappa shape index (κ2) is 6.86. The van der Waals surface area contributed by atoms with Gasteiger partial charge in [-0.25, -0.2) is 4.39 Å². The highest BCUT2D eigenvalue weighted by atomic mass is 19.1. The average molecular weight is 285 g/mol. The first-order valence-electron chi connectivity index (χ1n) is 7.65. The Bertz CT molecular complexity index is 619. The highest BCUT2D eigenvalue weighted by Crippen LogP contribution is 2.26. The molecule has 0 aliphatic carbocycles. The number of aryl methyl sites for hydroxylation is 3. The lowest BCUT2D eigenvalue weighted by molar-refractivity contribution is 0.608. The van der Waals surface area contributed by atoms with E-state index in [4.69, 9.17) is 0 Å². The summed E-state index contributed by atoms with van der Waals surface area (Å²) >= 11 is 0. The van der Waals surface area contributed by atoms with Crippen LogP contribution in [-0.4, -0.2) is 7.05 Å². The minimum absolute atomic E-state index is 0.0244. The third-order valence-electron chi connectivity index (χ3n) is 4.14. The van der Waals surface area contributed by atoms with Gasteiger partial charge < -0.3 is 5.32 Å². The van der Waals surface area contributed by atoms with Gasteiger partial charge in [-0.05, 0) is 60.7 Å². The normalized spacial score (nSPS) is 12.4. The molecule has 0 aliphatic rings. The molecule has 0 spiro atoms. The maximum Gasteiger partial charge on any atom is 0.126 e. The largest absolute Gasteiger partial charge is 0.309 e. The fourth-order valence-corrected chi connectivity index (χ4v) is 2.81. The average Bonchev–Trinajstić information content (AvgIpc) is 2.51. The van der Waals surface area contributed by atoms with E-state index in [1.165, 1.54) is 16.7 Å². The monoisotopic (exact) mass is 285 g/mol. The Morgan fingerprint density at radius 2 is 1.57 bits per heavy atom. The molecular weight excluding hydrogens is 261 g/mol. The number of nitrogens with one attached hydrogen (secondary N) is 1. The molecular formula is C19H24FN. The van der Waals surface area contributed by atoms with Crippen LogP contribution in [0.2, 0.25) is 0 Å². The summed E-state index contributed by atoms with van der Waals surface area (Å²) in [7, 11) is 1.92. The molecule has 0 radical (unpaired) electrons. The summed E-state index contributed by atoms with van der Waals surface area (Å²) < 4.78 is 13.8. The highest BCUT2D eigenvalue weighted by molar-refractivity contribution is 5.39. The maximum atomic E-state index is 13.8. The fourth-order valence-electron chi connectivity index (χ4n) is 2.81. The van der Waals surface area contributed by atoms with Crippen molar-refractivity contribution in [2.24, 2.45) is 0 Å². The fraction of sp³-hybridized carbons (Fsp3) is 0.368. The van der Waals surface area contributed by atoms with Gasteiger partial charge in [-0.15, -0.1) is 0 Å². The Hall–Kier alpha value is -1.67. The van der Waals surface area contributed by atoms with Crippen LogP contribution in [0.3, 0.4) is 0 Å². The molecule has 0 aromatic heterocycles. The summed E-state index contributed by atoms with van der Waals surface area (Å²) in [4.78, 5) is 0. The van der Waals surface area contributed by atoms with Crippen LogP contribution < -0.4 is 5.32 Å². The molecule has 2 rings (SSSR count). The number of halogens is 1. The van der Waals surface area contributed by atoms with Gasteiger partial charge in [0.2, 0.25) is 0 Å². The van der Waals surface area contributed by atoms with Crippen molar-refractivity contribution in [3.8, 4) is 0 Å². The van der Waals surface area contributed by atoms with Crippen molar-refractivity contribution in [2.45, 2.75) is 39.7 Å². The molecule has 2 aromatic carbocycles. The number of hydrogen-bond donors (Lipinski definition) is 1. The van der Waals surface area contributed by atoms with Crippen molar-refractivity contribution in [1.29, 1.82) is 0 Å². The zero-order valence-electron chi connectivity index (χ0n) is 13.3. The van der Waals surface area contributed by atoms with Gasteiger partial charge in [0.15, 0.2) is 0 Å². The molecule has 2 heteroatoms. The van der Waals surface area contributed by atoms with Crippen LogP contribution in [0, 0.1) is 12.7 Å². The van der Waals surface area contributed by atoms with E-state index in [9.17, 15) is 4.39 Å². The van der Waals surface area contributed by atoms with E-state index in [0.717, 1.165) is 18.4 Å². The van der Waals surface area contributed by atoms with Crippen molar-refractivity contribution in [1.82, 2.24) is 5.32 Å². The van der Waals surface area contributed by atoms with Gasteiger partial charge in [0, 0.05) is 0 Å². The van der Waals surface area contributed by atoms with E-state index >= 15 is 0 Å². The standard InChI is InChI=1S/C19H24FN/c1-5-14-9-10-16(11-15(14)6-2)19(21-4)17-8-7-13(3)18(20)12-17/h7-12,19,21H,5-6H2,1-4H3. The minimum atomic E-state index is -0.145. The molecule has 1 N–H and O–H groups in total. The van der Waals surface area contributed by atoms with Crippen molar-refractivity contribution >= 4 is 0 Å². The van der Waals surface area contributed by atoms with E-state index in [2.05, 4.69) is 37.4 Å². The summed E-state index contributed by atoms with van der Waals surface area (Å²) in [5, 5.41) is 3.30. The lowest BCUT2D eigenvalue weighted by Gasteiger charge is -2.19. The number of hydrogen-bond acceptors (Lipinski definition) is 1. The van der Waals surface area contributed by atoms with E-state index in [1.54, 1.807) is 13.0 Å². The summed E-state index contributed by atoms with van der Waals surface area (Å²) in [5.74, 6) is -0.145. The molecule has 0 aliphatic heterocycles. The first-order valence-corrected chi connectivity index (χ1v) is 7.65. The van der Waals surface area contributed by atoms with Gasteiger partial charge in [-0.2, -0.15) is 0 Å². The Morgan fingerprint density at radius 1 is 0.952 bits per heavy atom. The highest BCUT2D eigenvalue weighted by Gasteiger charge is 2.14. The predicted molar refractivity (Wildman–Crippen MR) is 87.2 cm³/mol. The SMILES string of the molecule is CCc1ccc(C(NC)c2ccc(C)c(F)c2)cc1CC. The quantitative estimate of drug-likeness (QED) is 0.848. The smallest absolute Gasteiger partial charge is 0.126 e. The van der Waals surface area contributed by atoms with E-state index < -0.39 is 0 Å². The molecule has 0 fully saturated rings. The van der Waals surface area contributed by atoms with Gasteiger partial charge in [-0.3, -0.25) is 0 Å². The van der Waals surface area contributed by atoms with Crippen molar-refractivity contribution in [3.63, 3.8) is 0 Å². The number of benzene rings is 2. The summed E-state index contributed by atoms with van der Waals surface area (Å²) in [5.41, 5.74) is 5.61. The second-order valence-electron chi connectivity index (χ2n) is 5.47. The van der Waals surface area contributed by atoms with Crippen LogP contribution >= 0.6 is 0 Å². The molecule has 1 unspecified atom stereocenters. The zero-order chi connectivity index (χ0) is 15.4. The van der Waals surface area contributed by atoms with Crippen molar-refractivity contribution in [3.05, 3.63) is 70.0 Å². The van der Waals surface area contributed by atoms with E-state index in [1.807, 2.05) is 19.2 Å². The predicted octanol–water partition coefficient (Wildman–Crippen LogP) is 4.57. The summed E-state index contributed by atoms with van der Waals surface area (Å²) in [6.45, 7) is 6.15. The van der Waals surface area contributed by atoms with Gasteiger partial charge in [0.05, 0.1) is 6.04 Å². The van der Waals surface area contributed by atoms with E-state index in [-0.39, 0.29) is 11.9 Å². The first kappa shape index (κ1) is 15.7. The first-order chi connectivity index (χ1) is 10.1. The molecule has 2 aromatic rings.